The Kier molecular flexibility index (Phi) is 4.29. The Morgan fingerprint density at radius 3 is 2.50 bits per heavy atom. The Morgan fingerprint density at radius 2 is 2.00 bits per heavy atom. The van der Waals surface area contributed by atoms with Crippen molar-refractivity contribution >= 4 is 29.3 Å². The minimum Gasteiger partial charge on any atom is -0.358 e. The van der Waals surface area contributed by atoms with E-state index >= 15 is 0 Å². The molecule has 1 rings (SSSR count). The fourth-order valence-electron chi connectivity index (χ4n) is 0.974. The van der Waals surface area contributed by atoms with Gasteiger partial charge in [0, 0.05) is 17.0 Å². The molecule has 4 heteroatoms. The number of nitrogens with one attached hydrogen (secondary N) is 1. The summed E-state index contributed by atoms with van der Waals surface area (Å²) in [7, 11) is 1.64. The van der Waals surface area contributed by atoms with Crippen molar-refractivity contribution in [3.05, 3.63) is 29.3 Å². The van der Waals surface area contributed by atoms with Gasteiger partial charge in [0.15, 0.2) is 0 Å². The molecule has 0 saturated heterocycles. The van der Waals surface area contributed by atoms with Gasteiger partial charge in [-0.2, -0.15) is 0 Å². The van der Waals surface area contributed by atoms with Crippen molar-refractivity contribution in [2.24, 2.45) is 0 Å². The summed E-state index contributed by atoms with van der Waals surface area (Å²) in [5, 5.41) is 3.24. The van der Waals surface area contributed by atoms with Gasteiger partial charge in [-0.1, -0.05) is 11.6 Å². The zero-order valence-electron chi connectivity index (χ0n) is 8.08. The summed E-state index contributed by atoms with van der Waals surface area (Å²) in [4.78, 5) is 12.3. The molecular weight excluding hydrogens is 218 g/mol. The summed E-state index contributed by atoms with van der Waals surface area (Å²) in [5.41, 5.74) is 0. The predicted octanol–water partition coefficient (Wildman–Crippen LogP) is 2.57. The highest BCUT2D eigenvalue weighted by molar-refractivity contribution is 8.00. The Bertz CT molecular complexity index is 312. The Labute approximate surface area is 93.0 Å². The van der Waals surface area contributed by atoms with Crippen molar-refractivity contribution in [2.45, 2.75) is 17.1 Å². The molecule has 0 unspecified atom stereocenters. The van der Waals surface area contributed by atoms with Crippen molar-refractivity contribution in [1.29, 1.82) is 0 Å². The minimum absolute atomic E-state index is 0.0324. The largest absolute Gasteiger partial charge is 0.358 e. The first-order valence-corrected chi connectivity index (χ1v) is 5.53. The second kappa shape index (κ2) is 5.27. The Balaban J connectivity index is 2.60. The first-order chi connectivity index (χ1) is 6.63. The van der Waals surface area contributed by atoms with Crippen LogP contribution in [0.5, 0.6) is 0 Å². The normalized spacial score (nSPS) is 12.2. The van der Waals surface area contributed by atoms with Crippen LogP contribution in [0.15, 0.2) is 29.2 Å². The van der Waals surface area contributed by atoms with Crippen LogP contribution in [0.1, 0.15) is 6.92 Å². The van der Waals surface area contributed by atoms with Crippen LogP contribution >= 0.6 is 23.4 Å². The molecule has 1 atom stereocenters. The average molecular weight is 230 g/mol. The van der Waals surface area contributed by atoms with Crippen LogP contribution in [-0.2, 0) is 4.79 Å². The van der Waals surface area contributed by atoms with Crippen molar-refractivity contribution < 1.29 is 4.79 Å². The van der Waals surface area contributed by atoms with Crippen LogP contribution in [0, 0.1) is 0 Å². The second-order valence-corrected chi connectivity index (χ2v) is 4.68. The third-order valence-electron chi connectivity index (χ3n) is 1.74. The third-order valence-corrected chi connectivity index (χ3v) is 3.11. The standard InChI is InChI=1S/C10H12ClNOS/c1-7(10(13)12-2)14-9-5-3-8(11)4-6-9/h3-7H,1-2H3,(H,12,13)/t7-/m1/s1. The van der Waals surface area contributed by atoms with E-state index in [4.69, 9.17) is 11.6 Å². The van der Waals surface area contributed by atoms with Gasteiger partial charge in [-0.15, -0.1) is 11.8 Å². The number of amides is 1. The highest BCUT2D eigenvalue weighted by Gasteiger charge is 2.11. The van der Waals surface area contributed by atoms with Crippen molar-refractivity contribution in [1.82, 2.24) is 5.32 Å². The fourth-order valence-corrected chi connectivity index (χ4v) is 2.03. The van der Waals surface area contributed by atoms with E-state index in [0.29, 0.717) is 5.02 Å². The van der Waals surface area contributed by atoms with Crippen LogP contribution in [0.3, 0.4) is 0 Å². The molecule has 0 radical (unpaired) electrons. The number of carbonyl (C=O) groups excluding carboxylic acids is 1. The summed E-state index contributed by atoms with van der Waals surface area (Å²) in [5.74, 6) is 0.0324. The monoisotopic (exact) mass is 229 g/mol. The maximum Gasteiger partial charge on any atom is 0.232 e. The summed E-state index contributed by atoms with van der Waals surface area (Å²) >= 11 is 7.26. The lowest BCUT2D eigenvalue weighted by Crippen LogP contribution is -2.27. The lowest BCUT2D eigenvalue weighted by molar-refractivity contribution is -0.119. The number of thioether (sulfide) groups is 1. The van der Waals surface area contributed by atoms with Crippen LogP contribution in [0.2, 0.25) is 5.02 Å². The quantitative estimate of drug-likeness (QED) is 0.808. The van der Waals surface area contributed by atoms with E-state index in [2.05, 4.69) is 5.32 Å². The van der Waals surface area contributed by atoms with Crippen molar-refractivity contribution in [3.8, 4) is 0 Å². The molecule has 0 aliphatic carbocycles. The van der Waals surface area contributed by atoms with Gasteiger partial charge in [0.05, 0.1) is 5.25 Å². The van der Waals surface area contributed by atoms with Crippen LogP contribution in [0.4, 0.5) is 0 Å². The molecule has 14 heavy (non-hydrogen) atoms. The maximum absolute atomic E-state index is 11.2. The lowest BCUT2D eigenvalue weighted by atomic mass is 10.4. The zero-order chi connectivity index (χ0) is 10.6. The molecule has 0 aromatic heterocycles. The minimum atomic E-state index is -0.0822. The van der Waals surface area contributed by atoms with Gasteiger partial charge in [0.25, 0.3) is 0 Å². The highest BCUT2D eigenvalue weighted by Crippen LogP contribution is 2.24. The van der Waals surface area contributed by atoms with E-state index in [1.54, 1.807) is 7.05 Å². The van der Waals surface area contributed by atoms with Gasteiger partial charge in [0.1, 0.15) is 0 Å². The first kappa shape index (κ1) is 11.4. The smallest absolute Gasteiger partial charge is 0.232 e. The zero-order valence-corrected chi connectivity index (χ0v) is 9.65. The summed E-state index contributed by atoms with van der Waals surface area (Å²) < 4.78 is 0. The van der Waals surface area contributed by atoms with Crippen LogP contribution in [0.25, 0.3) is 0 Å². The molecule has 0 aliphatic rings. The molecule has 2 nitrogen and oxygen atoms in total. The van der Waals surface area contributed by atoms with E-state index in [1.807, 2.05) is 31.2 Å². The molecular formula is C10H12ClNOS. The molecule has 0 heterocycles. The molecule has 1 aromatic rings. The van der Waals surface area contributed by atoms with E-state index in [0.717, 1.165) is 4.90 Å². The number of rotatable bonds is 3. The Morgan fingerprint density at radius 1 is 1.43 bits per heavy atom. The molecule has 0 saturated carbocycles. The summed E-state index contributed by atoms with van der Waals surface area (Å²) in [6.45, 7) is 1.87. The van der Waals surface area contributed by atoms with Gasteiger partial charge < -0.3 is 5.32 Å². The van der Waals surface area contributed by atoms with E-state index in [9.17, 15) is 4.79 Å². The summed E-state index contributed by atoms with van der Waals surface area (Å²) in [6.07, 6.45) is 0. The number of hydrogen-bond donors (Lipinski definition) is 1. The number of benzene rings is 1. The maximum atomic E-state index is 11.2. The summed E-state index contributed by atoms with van der Waals surface area (Å²) in [6, 6.07) is 7.46. The molecule has 1 N–H and O–H groups in total. The molecule has 0 spiro atoms. The van der Waals surface area contributed by atoms with Gasteiger partial charge >= 0.3 is 0 Å². The second-order valence-electron chi connectivity index (χ2n) is 2.83. The topological polar surface area (TPSA) is 29.1 Å². The van der Waals surface area contributed by atoms with E-state index < -0.39 is 0 Å². The predicted molar refractivity (Wildman–Crippen MR) is 60.8 cm³/mol. The van der Waals surface area contributed by atoms with E-state index in [-0.39, 0.29) is 11.2 Å². The van der Waals surface area contributed by atoms with Gasteiger partial charge in [0.2, 0.25) is 5.91 Å². The number of hydrogen-bond acceptors (Lipinski definition) is 2. The van der Waals surface area contributed by atoms with Crippen molar-refractivity contribution in [2.75, 3.05) is 7.05 Å². The number of halogens is 1. The van der Waals surface area contributed by atoms with Crippen LogP contribution in [-0.4, -0.2) is 18.2 Å². The first-order valence-electron chi connectivity index (χ1n) is 4.27. The molecule has 0 aliphatic heterocycles. The molecule has 76 valence electrons. The lowest BCUT2D eigenvalue weighted by Gasteiger charge is -2.08. The molecule has 1 aromatic carbocycles. The number of carbonyl (C=O) groups is 1. The Hall–Kier alpha value is -0.670. The van der Waals surface area contributed by atoms with Gasteiger partial charge in [-0.25, -0.2) is 0 Å². The van der Waals surface area contributed by atoms with Crippen LogP contribution < -0.4 is 5.32 Å². The highest BCUT2D eigenvalue weighted by atomic mass is 35.5. The van der Waals surface area contributed by atoms with Gasteiger partial charge in [-0.05, 0) is 31.2 Å². The average Bonchev–Trinajstić information content (AvgIpc) is 2.20. The molecule has 0 bridgehead atoms. The SMILES string of the molecule is CNC(=O)[C@@H](C)Sc1ccc(Cl)cc1. The van der Waals surface area contributed by atoms with Gasteiger partial charge in [-0.3, -0.25) is 4.79 Å². The third kappa shape index (κ3) is 3.24. The van der Waals surface area contributed by atoms with Crippen molar-refractivity contribution in [3.63, 3.8) is 0 Å². The van der Waals surface area contributed by atoms with E-state index in [1.165, 1.54) is 11.8 Å². The molecule has 1 amide bonds. The fraction of sp³-hybridized carbons (Fsp3) is 0.300. The molecule has 0 fully saturated rings.